The van der Waals surface area contributed by atoms with Crippen molar-refractivity contribution in [1.82, 2.24) is 0 Å². The van der Waals surface area contributed by atoms with Crippen LogP contribution in [0.3, 0.4) is 0 Å². The molecule has 0 fully saturated rings. The van der Waals surface area contributed by atoms with Crippen LogP contribution >= 0.6 is 7.05 Å². The lowest BCUT2D eigenvalue weighted by Gasteiger charge is -2.10. The maximum Gasteiger partial charge on any atom is 0.772 e. The van der Waals surface area contributed by atoms with E-state index in [0.717, 1.165) is 0 Å². The zero-order chi connectivity index (χ0) is 8.41. The lowest BCUT2D eigenvalue weighted by molar-refractivity contribution is 0.477. The zero-order valence-corrected chi connectivity index (χ0v) is 8.13. The third-order valence-electron chi connectivity index (χ3n) is 1.16. The molecule has 0 aliphatic rings. The number of hydrogen-bond donors (Lipinski definition) is 0. The molecule has 0 aromatic carbocycles. The summed E-state index contributed by atoms with van der Waals surface area (Å²) in [7, 11) is -7.62. The number of rotatable bonds is 2. The molecule has 0 bridgehead atoms. The van der Waals surface area contributed by atoms with Gasteiger partial charge in [-0.1, -0.05) is 6.92 Å². The maximum absolute atomic E-state index is 11.7. The van der Waals surface area contributed by atoms with Gasteiger partial charge in [-0.3, -0.25) is 0 Å². The van der Waals surface area contributed by atoms with Crippen molar-refractivity contribution in [3.63, 3.8) is 0 Å². The molecule has 0 aromatic heterocycles. The van der Waals surface area contributed by atoms with Gasteiger partial charge in [0.25, 0.3) is 0 Å². The van der Waals surface area contributed by atoms with Crippen molar-refractivity contribution in [3.8, 4) is 0 Å². The van der Waals surface area contributed by atoms with Gasteiger partial charge in [0.15, 0.2) is 0 Å². The minimum absolute atomic E-state index is 0.541. The second-order valence-corrected chi connectivity index (χ2v) is 8.12. The highest BCUT2D eigenvalue weighted by molar-refractivity contribution is 7.65. The Kier molecular flexibility index (Phi) is 3.17. The van der Waals surface area contributed by atoms with Crippen molar-refractivity contribution in [2.75, 3.05) is 19.5 Å². The highest BCUT2D eigenvalue weighted by Crippen LogP contribution is 2.43. The van der Waals surface area contributed by atoms with Crippen LogP contribution in [0.2, 0.25) is 0 Å². The third-order valence-corrected chi connectivity index (χ3v) is 5.78. The number of hydrogen-bond acceptors (Lipinski definition) is 1. The van der Waals surface area contributed by atoms with Crippen LogP contribution in [0.4, 0.5) is 12.3 Å². The van der Waals surface area contributed by atoms with Crippen LogP contribution in [0.15, 0.2) is 4.41 Å². The molecule has 0 radical (unpaired) electrons. The molecule has 0 atom stereocenters. The van der Waals surface area contributed by atoms with Gasteiger partial charge in [-0.25, -0.2) is 16.7 Å². The van der Waals surface area contributed by atoms with Gasteiger partial charge in [0.2, 0.25) is 0 Å². The Morgan fingerprint density at radius 2 is 1.70 bits per heavy atom. The Bertz CT molecular complexity index is 158. The lowest BCUT2D eigenvalue weighted by Crippen LogP contribution is -2.10. The van der Waals surface area contributed by atoms with Crippen LogP contribution < -0.4 is 0 Å². The van der Waals surface area contributed by atoms with Gasteiger partial charge in [-0.05, 0) is 26.5 Å². The summed E-state index contributed by atoms with van der Waals surface area (Å²) in [5.41, 5.74) is 0. The molecule has 0 N–H and O–H groups in total. The second kappa shape index (κ2) is 3.09. The molecule has 0 unspecified atom stereocenters. The van der Waals surface area contributed by atoms with Crippen LogP contribution in [-0.4, -0.2) is 28.7 Å². The fraction of sp³-hybridized carbons (Fsp3) is 1.00. The number of halogens is 3. The summed E-state index contributed by atoms with van der Waals surface area (Å²) in [5.74, 6) is 0. The van der Waals surface area contributed by atoms with E-state index in [4.69, 9.17) is 0 Å². The van der Waals surface area contributed by atoms with E-state index in [1.807, 2.05) is 0 Å². The zero-order valence-electron chi connectivity index (χ0n) is 6.24. The molecule has 0 aromatic rings. The Balaban J connectivity index is 4.44. The average Bonchev–Trinajstić information content (AvgIpc) is 1.60. The molecule has 62 valence electrons. The van der Waals surface area contributed by atoms with Gasteiger partial charge >= 0.3 is 9.24 Å². The minimum atomic E-state index is -5.64. The van der Waals surface area contributed by atoms with Crippen LogP contribution in [0.5, 0.6) is 0 Å². The molecule has 0 rings (SSSR count). The van der Waals surface area contributed by atoms with Crippen LogP contribution in [-0.2, 0) is 0 Å². The van der Waals surface area contributed by atoms with Crippen molar-refractivity contribution in [3.05, 3.63) is 0 Å². The fourth-order valence-corrected chi connectivity index (χ4v) is 3.40. The SMILES string of the molecule is CCP(C)(C)=N[Si](F)(F)F. The van der Waals surface area contributed by atoms with Crippen LogP contribution in [0, 0.1) is 0 Å². The topological polar surface area (TPSA) is 12.4 Å². The van der Waals surface area contributed by atoms with Crippen molar-refractivity contribution < 1.29 is 12.3 Å². The first-order valence-electron chi connectivity index (χ1n) is 2.91. The predicted octanol–water partition coefficient (Wildman–Crippen LogP) is 2.81. The summed E-state index contributed by atoms with van der Waals surface area (Å²) in [6.07, 6.45) is 0.541. The standard InChI is InChI=1S/C4H11F3NPSi/c1-4-9(2,3)8-10(5,6)7/h4H2,1-3H3. The molecular weight excluding hydrogens is 178 g/mol. The van der Waals surface area contributed by atoms with Gasteiger partial charge in [0, 0.05) is 0 Å². The molecule has 0 aliphatic heterocycles. The molecule has 1 nitrogen and oxygen atoms in total. The van der Waals surface area contributed by atoms with E-state index < -0.39 is 16.3 Å². The van der Waals surface area contributed by atoms with Gasteiger partial charge in [0.1, 0.15) is 0 Å². The van der Waals surface area contributed by atoms with Crippen molar-refractivity contribution >= 4 is 16.3 Å². The summed E-state index contributed by atoms with van der Waals surface area (Å²) < 4.78 is 38.1. The molecule has 0 spiro atoms. The predicted molar refractivity (Wildman–Crippen MR) is 40.8 cm³/mol. The average molecular weight is 189 g/mol. The Morgan fingerprint density at radius 3 is 1.80 bits per heavy atom. The van der Waals surface area contributed by atoms with Crippen molar-refractivity contribution in [1.29, 1.82) is 0 Å². The fourth-order valence-electron chi connectivity index (χ4n) is 0.378. The maximum atomic E-state index is 11.7. The smallest absolute Gasteiger partial charge is 0.249 e. The largest absolute Gasteiger partial charge is 0.772 e. The normalized spacial score (nSPS) is 13.4. The minimum Gasteiger partial charge on any atom is -0.249 e. The summed E-state index contributed by atoms with van der Waals surface area (Å²) in [5, 5.41) is 0. The number of nitrogens with zero attached hydrogens (tertiary/aromatic N) is 1. The third kappa shape index (κ3) is 5.06. The van der Waals surface area contributed by atoms with Gasteiger partial charge in [-0.15, -0.1) is 0 Å². The molecule has 0 aliphatic carbocycles. The monoisotopic (exact) mass is 189 g/mol. The van der Waals surface area contributed by atoms with Gasteiger partial charge in [0.05, 0.1) is 0 Å². The highest BCUT2D eigenvalue weighted by Gasteiger charge is 2.39. The van der Waals surface area contributed by atoms with E-state index in [1.165, 1.54) is 0 Å². The summed E-state index contributed by atoms with van der Waals surface area (Å²) in [6, 6.07) is 0. The first-order chi connectivity index (χ1) is 4.27. The summed E-state index contributed by atoms with van der Waals surface area (Å²) >= 11 is 0. The molecule has 6 heteroatoms. The van der Waals surface area contributed by atoms with Crippen molar-refractivity contribution in [2.45, 2.75) is 6.92 Å². The van der Waals surface area contributed by atoms with E-state index in [9.17, 15) is 12.3 Å². The first kappa shape index (κ1) is 10.2. The van der Waals surface area contributed by atoms with Gasteiger partial charge in [-0.2, -0.15) is 0 Å². The Labute approximate surface area is 60.3 Å². The second-order valence-electron chi connectivity index (χ2n) is 2.51. The quantitative estimate of drug-likeness (QED) is 0.360. The molecular formula is C4H11F3NPSi. The summed E-state index contributed by atoms with van der Waals surface area (Å²) in [4.78, 5) is 0. The summed E-state index contributed by atoms with van der Waals surface area (Å²) in [6.45, 7) is 4.96. The molecule has 0 heterocycles. The first-order valence-corrected chi connectivity index (χ1v) is 7.31. The van der Waals surface area contributed by atoms with Crippen LogP contribution in [0.1, 0.15) is 6.92 Å². The molecule has 10 heavy (non-hydrogen) atoms. The van der Waals surface area contributed by atoms with E-state index in [0.29, 0.717) is 6.16 Å². The van der Waals surface area contributed by atoms with E-state index in [-0.39, 0.29) is 0 Å². The molecule has 0 amide bonds. The van der Waals surface area contributed by atoms with E-state index in [1.54, 1.807) is 20.3 Å². The Morgan fingerprint density at radius 1 is 1.30 bits per heavy atom. The molecule has 0 saturated carbocycles. The lowest BCUT2D eigenvalue weighted by atomic mass is 11.0. The molecule has 0 saturated heterocycles. The van der Waals surface area contributed by atoms with Crippen LogP contribution in [0.25, 0.3) is 0 Å². The van der Waals surface area contributed by atoms with E-state index >= 15 is 0 Å². The van der Waals surface area contributed by atoms with Crippen molar-refractivity contribution in [2.24, 2.45) is 4.41 Å². The highest BCUT2D eigenvalue weighted by atomic mass is 31.2. The van der Waals surface area contributed by atoms with Gasteiger partial charge < -0.3 is 0 Å². The Hall–Kier alpha value is 0.237. The van der Waals surface area contributed by atoms with E-state index in [2.05, 4.69) is 4.41 Å².